The van der Waals surface area contributed by atoms with Gasteiger partial charge in [0.1, 0.15) is 5.78 Å². The zero-order valence-electron chi connectivity index (χ0n) is 13.7. The Balaban J connectivity index is 3.05. The van der Waals surface area contributed by atoms with Crippen molar-refractivity contribution in [2.45, 2.75) is 44.8 Å². The predicted octanol–water partition coefficient (Wildman–Crippen LogP) is 4.25. The summed E-state index contributed by atoms with van der Waals surface area (Å²) in [5.74, 6) is -1.94. The number of thioether (sulfide) groups is 1. The van der Waals surface area contributed by atoms with Crippen molar-refractivity contribution in [1.82, 2.24) is 0 Å². The summed E-state index contributed by atoms with van der Waals surface area (Å²) in [4.78, 5) is 12.4. The highest BCUT2D eigenvalue weighted by Crippen LogP contribution is 2.84. The van der Waals surface area contributed by atoms with Gasteiger partial charge < -0.3 is 0 Å². The Labute approximate surface area is 144 Å². The molecule has 3 nitrogen and oxygen atoms in total. The molecule has 25 heavy (non-hydrogen) atoms. The van der Waals surface area contributed by atoms with Crippen molar-refractivity contribution in [3.63, 3.8) is 0 Å². The third kappa shape index (κ3) is 1.59. The molecule has 10 heteroatoms. The molecule has 1 saturated carbocycles. The topological polar surface area (TPSA) is 64.7 Å². The molecule has 1 spiro atoms. The number of carbonyl (C=O) groups excluding carboxylic acids is 1. The minimum atomic E-state index is -5.67. The molecule has 0 bridgehead atoms. The third-order valence-electron chi connectivity index (χ3n) is 5.84. The number of halogens is 6. The van der Waals surface area contributed by atoms with Crippen molar-refractivity contribution >= 4 is 17.5 Å². The van der Waals surface area contributed by atoms with Gasteiger partial charge in [-0.2, -0.15) is 36.9 Å². The zero-order valence-corrected chi connectivity index (χ0v) is 14.5. The van der Waals surface area contributed by atoms with Crippen LogP contribution in [0, 0.1) is 44.3 Å². The third-order valence-corrected chi connectivity index (χ3v) is 8.17. The lowest BCUT2D eigenvalue weighted by molar-refractivity contribution is -0.322. The molecule has 1 heterocycles. The number of ketones is 1. The maximum atomic E-state index is 14.2. The molecule has 0 N–H and O–H groups in total. The van der Waals surface area contributed by atoms with E-state index in [4.69, 9.17) is 0 Å². The molecule has 2 rings (SSSR count). The van der Waals surface area contributed by atoms with Crippen LogP contribution < -0.4 is 0 Å². The first-order chi connectivity index (χ1) is 11.0. The number of nitrogens with zero attached hydrogens (tertiary/aromatic N) is 2. The number of hydrogen-bond donors (Lipinski definition) is 0. The molecule has 138 valence electrons. The Hall–Kier alpha value is -1.42. The summed E-state index contributed by atoms with van der Waals surface area (Å²) in [6.07, 6.45) is -11.3. The molecule has 0 aromatic heterocycles. The molecule has 0 amide bonds. The number of hydrogen-bond acceptors (Lipinski definition) is 4. The quantitative estimate of drug-likeness (QED) is 0.586. The fourth-order valence-corrected chi connectivity index (χ4v) is 7.34. The van der Waals surface area contributed by atoms with E-state index in [1.54, 1.807) is 0 Å². The van der Waals surface area contributed by atoms with Crippen LogP contribution in [0.1, 0.15) is 27.7 Å². The number of rotatable bonds is 0. The smallest absolute Gasteiger partial charge is 0.298 e. The van der Waals surface area contributed by atoms with Gasteiger partial charge in [0.15, 0.2) is 10.8 Å². The van der Waals surface area contributed by atoms with Crippen molar-refractivity contribution < 1.29 is 31.1 Å². The molecule has 0 aromatic carbocycles. The van der Waals surface area contributed by atoms with E-state index in [0.29, 0.717) is 0 Å². The summed E-state index contributed by atoms with van der Waals surface area (Å²) in [5.41, 5.74) is -11.8. The summed E-state index contributed by atoms with van der Waals surface area (Å²) < 4.78 is 81.3. The van der Waals surface area contributed by atoms with Gasteiger partial charge >= 0.3 is 12.4 Å². The van der Waals surface area contributed by atoms with Crippen LogP contribution in [0.3, 0.4) is 0 Å². The molecule has 2 atom stereocenters. The number of alkyl halides is 6. The Kier molecular flexibility index (Phi) is 3.70. The molecule has 1 aliphatic carbocycles. The van der Waals surface area contributed by atoms with Gasteiger partial charge in [-0.25, -0.2) is 0 Å². The van der Waals surface area contributed by atoms with Gasteiger partial charge in [0.2, 0.25) is 0 Å². The molecule has 1 saturated heterocycles. The van der Waals surface area contributed by atoms with Gasteiger partial charge in [-0.05, 0) is 0 Å². The second kappa shape index (κ2) is 4.64. The zero-order chi connectivity index (χ0) is 19.9. The normalized spacial score (nSPS) is 35.8. The lowest BCUT2D eigenvalue weighted by Gasteiger charge is -2.68. The van der Waals surface area contributed by atoms with Crippen LogP contribution in [0.25, 0.3) is 0 Å². The number of carbonyl (C=O) groups is 1. The molecular weight excluding hydrogens is 370 g/mol. The summed E-state index contributed by atoms with van der Waals surface area (Å²) in [7, 11) is 0. The van der Waals surface area contributed by atoms with Crippen LogP contribution in [-0.4, -0.2) is 28.6 Å². The summed E-state index contributed by atoms with van der Waals surface area (Å²) >= 11 is 0.260. The van der Waals surface area contributed by atoms with Crippen LogP contribution >= 0.6 is 11.8 Å². The van der Waals surface area contributed by atoms with Gasteiger partial charge in [0, 0.05) is 16.6 Å². The summed E-state index contributed by atoms with van der Waals surface area (Å²) in [5, 5.41) is 18.7. The van der Waals surface area contributed by atoms with Gasteiger partial charge in [0.25, 0.3) is 0 Å². The van der Waals surface area contributed by atoms with Crippen LogP contribution in [-0.2, 0) is 4.79 Å². The number of Topliss-reactive ketones (excluding diaryl/α,β-unsaturated/α-hetero) is 1. The SMILES string of the molecule is CC1(C)C(=O)C(C)(C)C12SC[C@@](C#N)(C(F)(F)F)[C@@]2(C#N)C(F)(F)F. The second-order valence-corrected chi connectivity index (χ2v) is 8.61. The van der Waals surface area contributed by atoms with E-state index >= 15 is 0 Å². The van der Waals surface area contributed by atoms with E-state index in [1.807, 2.05) is 0 Å². The summed E-state index contributed by atoms with van der Waals surface area (Å²) in [6, 6.07) is 1.63. The van der Waals surface area contributed by atoms with Crippen molar-refractivity contribution in [3.8, 4) is 12.1 Å². The average molecular weight is 384 g/mol. The van der Waals surface area contributed by atoms with Gasteiger partial charge in [-0.15, -0.1) is 11.8 Å². The first kappa shape index (κ1) is 19.9. The highest BCUT2D eigenvalue weighted by atomic mass is 32.2. The van der Waals surface area contributed by atoms with Crippen LogP contribution in [0.2, 0.25) is 0 Å². The molecule has 0 radical (unpaired) electrons. The van der Waals surface area contributed by atoms with Crippen molar-refractivity contribution in [2.24, 2.45) is 21.7 Å². The molecule has 0 unspecified atom stereocenters. The largest absolute Gasteiger partial charge is 0.410 e. The first-order valence-electron chi connectivity index (χ1n) is 7.13. The van der Waals surface area contributed by atoms with Crippen LogP contribution in [0.5, 0.6) is 0 Å². The molecule has 1 aliphatic heterocycles. The van der Waals surface area contributed by atoms with E-state index in [9.17, 15) is 41.7 Å². The fourth-order valence-electron chi connectivity index (χ4n) is 5.00. The van der Waals surface area contributed by atoms with E-state index in [-0.39, 0.29) is 11.8 Å². The van der Waals surface area contributed by atoms with Crippen molar-refractivity contribution in [2.75, 3.05) is 5.75 Å². The van der Waals surface area contributed by atoms with Gasteiger partial charge in [-0.1, -0.05) is 27.7 Å². The van der Waals surface area contributed by atoms with E-state index in [2.05, 4.69) is 0 Å². The number of nitriles is 2. The monoisotopic (exact) mass is 384 g/mol. The minimum absolute atomic E-state index is 0.260. The van der Waals surface area contributed by atoms with E-state index in [1.165, 1.54) is 0 Å². The Morgan fingerprint density at radius 3 is 1.64 bits per heavy atom. The molecule has 2 aliphatic rings. The van der Waals surface area contributed by atoms with Gasteiger partial charge in [-0.3, -0.25) is 4.79 Å². The maximum absolute atomic E-state index is 14.2. The first-order valence-corrected chi connectivity index (χ1v) is 8.12. The molecular formula is C15H14F6N2OS. The van der Waals surface area contributed by atoms with Crippen LogP contribution in [0.4, 0.5) is 26.3 Å². The lowest BCUT2D eigenvalue weighted by Crippen LogP contribution is -2.81. The van der Waals surface area contributed by atoms with Gasteiger partial charge in [0.05, 0.1) is 16.9 Å². The van der Waals surface area contributed by atoms with Crippen molar-refractivity contribution in [3.05, 3.63) is 0 Å². The van der Waals surface area contributed by atoms with Crippen molar-refractivity contribution in [1.29, 1.82) is 10.5 Å². The minimum Gasteiger partial charge on any atom is -0.298 e. The molecule has 0 aromatic rings. The highest BCUT2D eigenvalue weighted by molar-refractivity contribution is 8.01. The maximum Gasteiger partial charge on any atom is 0.410 e. The Morgan fingerprint density at radius 2 is 1.36 bits per heavy atom. The Bertz CT molecular complexity index is 708. The molecule has 2 fully saturated rings. The summed E-state index contributed by atoms with van der Waals surface area (Å²) in [6.45, 7) is 4.43. The second-order valence-electron chi connectivity index (χ2n) is 7.42. The average Bonchev–Trinajstić information content (AvgIpc) is 2.80. The fraction of sp³-hybridized carbons (Fsp3) is 0.800. The lowest BCUT2D eigenvalue weighted by atomic mass is 9.36. The predicted molar refractivity (Wildman–Crippen MR) is 76.0 cm³/mol. The Morgan fingerprint density at radius 1 is 0.920 bits per heavy atom. The van der Waals surface area contributed by atoms with E-state index in [0.717, 1.165) is 39.8 Å². The van der Waals surface area contributed by atoms with Crippen LogP contribution in [0.15, 0.2) is 0 Å². The highest BCUT2D eigenvalue weighted by Gasteiger charge is 2.96. The standard InChI is InChI=1S/C15H14F6N2OS/c1-9(2)8(24)10(3,4)13(9)12(6-23,15(19,20)21)11(5-22,7-25-13)14(16,17)18/h7H2,1-4H3/t11-,12-/m1/s1. The van der Waals surface area contributed by atoms with E-state index < -0.39 is 50.3 Å².